The highest BCUT2D eigenvalue weighted by atomic mass is 32.2. The fraction of sp³-hybridized carbons (Fsp3) is 0.273. The van der Waals surface area contributed by atoms with Crippen molar-refractivity contribution in [2.75, 3.05) is 10.5 Å². The maximum absolute atomic E-state index is 11.6. The third kappa shape index (κ3) is 4.59. The zero-order valence-corrected chi connectivity index (χ0v) is 10.8. The summed E-state index contributed by atoms with van der Waals surface area (Å²) < 4.78 is 25.5. The number of carboxylic acids is 2. The Balaban J connectivity index is 2.78. The molecule has 1 rings (SSSR count). The molecule has 0 radical (unpaired) electrons. The van der Waals surface area contributed by atoms with Crippen molar-refractivity contribution in [1.82, 2.24) is 0 Å². The standard InChI is InChI=1S/C11H13NO6S/c1-7(10(13)14)6-19(17,18)12-9-4-2-8(3-5-9)11(15)16/h2-5,7,12H,6H2,1H3,(H,13,14)(H,15,16)/t7-/m0/s1. The van der Waals surface area contributed by atoms with Gasteiger partial charge in [-0.2, -0.15) is 0 Å². The summed E-state index contributed by atoms with van der Waals surface area (Å²) in [6.07, 6.45) is 0. The normalized spacial score (nSPS) is 12.7. The summed E-state index contributed by atoms with van der Waals surface area (Å²) in [6.45, 7) is 1.29. The number of carbonyl (C=O) groups is 2. The summed E-state index contributed by atoms with van der Waals surface area (Å²) in [5.74, 6) is -3.90. The minimum absolute atomic E-state index is 0.0295. The number of carboxylic acid groups (broad SMARTS) is 2. The van der Waals surface area contributed by atoms with Crippen LogP contribution in [0.3, 0.4) is 0 Å². The van der Waals surface area contributed by atoms with E-state index in [1.807, 2.05) is 0 Å². The van der Waals surface area contributed by atoms with Crippen molar-refractivity contribution in [3.05, 3.63) is 29.8 Å². The van der Waals surface area contributed by atoms with Crippen LogP contribution in [0.1, 0.15) is 17.3 Å². The number of aromatic carboxylic acids is 1. The van der Waals surface area contributed by atoms with Crippen molar-refractivity contribution in [2.24, 2.45) is 5.92 Å². The molecule has 0 saturated heterocycles. The largest absolute Gasteiger partial charge is 0.481 e. The van der Waals surface area contributed by atoms with Crippen LogP contribution in [0.15, 0.2) is 24.3 Å². The van der Waals surface area contributed by atoms with E-state index in [0.29, 0.717) is 0 Å². The zero-order valence-electron chi connectivity index (χ0n) is 10.0. The molecule has 19 heavy (non-hydrogen) atoms. The van der Waals surface area contributed by atoms with E-state index in [1.54, 1.807) is 0 Å². The summed E-state index contributed by atoms with van der Waals surface area (Å²) in [4.78, 5) is 21.2. The van der Waals surface area contributed by atoms with Crippen LogP contribution < -0.4 is 4.72 Å². The topological polar surface area (TPSA) is 121 Å². The Bertz CT molecular complexity index is 578. The van der Waals surface area contributed by atoms with Crippen molar-refractivity contribution in [2.45, 2.75) is 6.92 Å². The number of sulfonamides is 1. The molecule has 1 aromatic rings. The summed E-state index contributed by atoms with van der Waals surface area (Å²) in [7, 11) is -3.79. The lowest BCUT2D eigenvalue weighted by Gasteiger charge is -2.10. The van der Waals surface area contributed by atoms with Crippen molar-refractivity contribution < 1.29 is 28.2 Å². The molecule has 7 nitrogen and oxygen atoms in total. The second-order valence-corrected chi connectivity index (χ2v) is 5.77. The molecule has 0 amide bonds. The van der Waals surface area contributed by atoms with E-state index in [0.717, 1.165) is 0 Å². The van der Waals surface area contributed by atoms with E-state index < -0.39 is 33.6 Å². The van der Waals surface area contributed by atoms with E-state index in [9.17, 15) is 18.0 Å². The van der Waals surface area contributed by atoms with Gasteiger partial charge in [0.2, 0.25) is 10.0 Å². The van der Waals surface area contributed by atoms with E-state index in [-0.39, 0.29) is 11.3 Å². The van der Waals surface area contributed by atoms with Gasteiger partial charge in [0, 0.05) is 5.69 Å². The van der Waals surface area contributed by atoms with Gasteiger partial charge in [0.25, 0.3) is 0 Å². The second kappa shape index (κ2) is 5.70. The predicted octanol–water partition coefficient (Wildman–Crippen LogP) is 0.847. The summed E-state index contributed by atoms with van der Waals surface area (Å²) >= 11 is 0. The Morgan fingerprint density at radius 2 is 1.74 bits per heavy atom. The average Bonchev–Trinajstić information content (AvgIpc) is 2.28. The van der Waals surface area contributed by atoms with Gasteiger partial charge in [-0.1, -0.05) is 6.92 Å². The van der Waals surface area contributed by atoms with Crippen LogP contribution in [0.5, 0.6) is 0 Å². The molecule has 1 aromatic carbocycles. The molecule has 0 aliphatic heterocycles. The third-order valence-electron chi connectivity index (χ3n) is 2.30. The molecule has 0 aromatic heterocycles. The fourth-order valence-electron chi connectivity index (χ4n) is 1.30. The Labute approximate surface area is 109 Å². The van der Waals surface area contributed by atoms with Crippen LogP contribution >= 0.6 is 0 Å². The van der Waals surface area contributed by atoms with Crippen molar-refractivity contribution in [3.63, 3.8) is 0 Å². The molecular weight excluding hydrogens is 274 g/mol. The fourth-order valence-corrected chi connectivity index (χ4v) is 2.68. The smallest absolute Gasteiger partial charge is 0.335 e. The number of benzene rings is 1. The average molecular weight is 287 g/mol. The number of hydrogen-bond donors (Lipinski definition) is 3. The molecule has 0 aliphatic rings. The molecule has 104 valence electrons. The van der Waals surface area contributed by atoms with Crippen LogP contribution in [0.2, 0.25) is 0 Å². The molecule has 0 aliphatic carbocycles. The SMILES string of the molecule is C[C@@H](CS(=O)(=O)Nc1ccc(C(=O)O)cc1)C(=O)O. The Kier molecular flexibility index (Phi) is 4.49. The lowest BCUT2D eigenvalue weighted by atomic mass is 10.2. The maximum Gasteiger partial charge on any atom is 0.335 e. The molecule has 8 heteroatoms. The second-order valence-electron chi connectivity index (χ2n) is 4.01. The molecule has 0 heterocycles. The number of hydrogen-bond acceptors (Lipinski definition) is 4. The Morgan fingerprint density at radius 3 is 2.16 bits per heavy atom. The highest BCUT2D eigenvalue weighted by Crippen LogP contribution is 2.13. The van der Waals surface area contributed by atoms with E-state index in [1.165, 1.54) is 31.2 Å². The molecule has 0 unspecified atom stereocenters. The van der Waals surface area contributed by atoms with Crippen LogP contribution in [-0.2, 0) is 14.8 Å². The molecule has 1 atom stereocenters. The van der Waals surface area contributed by atoms with Crippen LogP contribution in [0.25, 0.3) is 0 Å². The number of aliphatic carboxylic acids is 1. The molecule has 0 fully saturated rings. The van der Waals surface area contributed by atoms with Gasteiger partial charge in [-0.05, 0) is 24.3 Å². The van der Waals surface area contributed by atoms with Crippen molar-refractivity contribution in [3.8, 4) is 0 Å². The number of nitrogens with one attached hydrogen (secondary N) is 1. The maximum atomic E-state index is 11.6. The first-order valence-electron chi connectivity index (χ1n) is 5.28. The summed E-state index contributed by atoms with van der Waals surface area (Å²) in [5.41, 5.74) is 0.212. The monoisotopic (exact) mass is 287 g/mol. The first kappa shape index (κ1) is 15.0. The first-order valence-corrected chi connectivity index (χ1v) is 6.93. The quantitative estimate of drug-likeness (QED) is 0.713. The Morgan fingerprint density at radius 1 is 1.21 bits per heavy atom. The zero-order chi connectivity index (χ0) is 14.6. The Hall–Kier alpha value is -2.09. The molecule has 0 saturated carbocycles. The van der Waals surface area contributed by atoms with Gasteiger partial charge in [0.05, 0.1) is 17.2 Å². The van der Waals surface area contributed by atoms with Gasteiger partial charge in [-0.3, -0.25) is 9.52 Å². The predicted molar refractivity (Wildman–Crippen MR) is 67.6 cm³/mol. The van der Waals surface area contributed by atoms with Gasteiger partial charge >= 0.3 is 11.9 Å². The minimum Gasteiger partial charge on any atom is -0.481 e. The molecule has 0 bridgehead atoms. The van der Waals surface area contributed by atoms with E-state index in [2.05, 4.69) is 4.72 Å². The number of rotatable bonds is 6. The lowest BCUT2D eigenvalue weighted by Crippen LogP contribution is -2.25. The molecule has 3 N–H and O–H groups in total. The minimum atomic E-state index is -3.79. The van der Waals surface area contributed by atoms with Crippen molar-refractivity contribution >= 4 is 27.6 Å². The van der Waals surface area contributed by atoms with Crippen LogP contribution in [0, 0.1) is 5.92 Å². The highest BCUT2D eigenvalue weighted by molar-refractivity contribution is 7.92. The molecule has 0 spiro atoms. The summed E-state index contributed by atoms with van der Waals surface area (Å²) in [5, 5.41) is 17.3. The van der Waals surface area contributed by atoms with Crippen LogP contribution in [0.4, 0.5) is 5.69 Å². The molecular formula is C11H13NO6S. The summed E-state index contributed by atoms with van der Waals surface area (Å²) in [6, 6.07) is 5.10. The van der Waals surface area contributed by atoms with Gasteiger partial charge in [-0.25, -0.2) is 13.2 Å². The lowest BCUT2D eigenvalue weighted by molar-refractivity contribution is -0.140. The van der Waals surface area contributed by atoms with Gasteiger partial charge < -0.3 is 10.2 Å². The van der Waals surface area contributed by atoms with E-state index in [4.69, 9.17) is 10.2 Å². The number of anilines is 1. The first-order chi connectivity index (χ1) is 8.71. The van der Waals surface area contributed by atoms with Crippen LogP contribution in [-0.4, -0.2) is 36.3 Å². The van der Waals surface area contributed by atoms with Gasteiger partial charge in [0.15, 0.2) is 0 Å². The van der Waals surface area contributed by atoms with Gasteiger partial charge in [0.1, 0.15) is 0 Å². The third-order valence-corrected chi connectivity index (χ3v) is 3.78. The highest BCUT2D eigenvalue weighted by Gasteiger charge is 2.20. The van der Waals surface area contributed by atoms with E-state index >= 15 is 0 Å². The van der Waals surface area contributed by atoms with Crippen molar-refractivity contribution in [1.29, 1.82) is 0 Å². The van der Waals surface area contributed by atoms with Gasteiger partial charge in [-0.15, -0.1) is 0 Å².